The van der Waals surface area contributed by atoms with Gasteiger partial charge in [-0.2, -0.15) is 4.31 Å². The van der Waals surface area contributed by atoms with Crippen LogP contribution in [0.4, 0.5) is 0 Å². The number of piperidine rings is 1. The van der Waals surface area contributed by atoms with Gasteiger partial charge in [-0.15, -0.1) is 0 Å². The first-order chi connectivity index (χ1) is 6.28. The summed E-state index contributed by atoms with van der Waals surface area (Å²) in [6, 6.07) is -0.00380. The van der Waals surface area contributed by atoms with Crippen LogP contribution in [-0.2, 0) is 10.0 Å². The molecule has 84 valence electrons. The van der Waals surface area contributed by atoms with E-state index in [2.05, 4.69) is 0 Å². The van der Waals surface area contributed by atoms with E-state index < -0.39 is 10.0 Å². The number of aliphatic hydroxyl groups excluding tert-OH is 1. The third-order valence-corrected chi connectivity index (χ3v) is 4.42. The number of hydrogen-bond donors (Lipinski definition) is 1. The molecule has 0 spiro atoms. The molecule has 0 saturated carbocycles. The zero-order valence-electron chi connectivity index (χ0n) is 9.02. The molecule has 4 nitrogen and oxygen atoms in total. The Labute approximate surface area is 86.0 Å². The zero-order chi connectivity index (χ0) is 11.0. The Morgan fingerprint density at radius 3 is 2.50 bits per heavy atom. The molecule has 2 atom stereocenters. The second-order valence-corrected chi connectivity index (χ2v) is 6.58. The van der Waals surface area contributed by atoms with E-state index in [-0.39, 0.29) is 18.1 Å². The molecule has 1 aliphatic heterocycles. The fourth-order valence-corrected chi connectivity index (χ4v) is 3.31. The van der Waals surface area contributed by atoms with E-state index in [9.17, 15) is 13.5 Å². The van der Waals surface area contributed by atoms with Gasteiger partial charge in [-0.25, -0.2) is 8.42 Å². The zero-order valence-corrected chi connectivity index (χ0v) is 9.84. The number of hydrogen-bond acceptors (Lipinski definition) is 3. The van der Waals surface area contributed by atoms with Crippen LogP contribution in [0.25, 0.3) is 0 Å². The number of sulfonamides is 1. The number of rotatable bonds is 2. The molecule has 5 heteroatoms. The molecular formula is C9H19NO3S. The van der Waals surface area contributed by atoms with Crippen LogP contribution >= 0.6 is 0 Å². The molecule has 1 heterocycles. The lowest BCUT2D eigenvalue weighted by Gasteiger charge is -2.41. The molecule has 14 heavy (non-hydrogen) atoms. The van der Waals surface area contributed by atoms with Crippen molar-refractivity contribution in [3.05, 3.63) is 0 Å². The van der Waals surface area contributed by atoms with Crippen molar-refractivity contribution in [1.29, 1.82) is 0 Å². The Kier molecular flexibility index (Phi) is 3.23. The summed E-state index contributed by atoms with van der Waals surface area (Å²) >= 11 is 0. The van der Waals surface area contributed by atoms with Crippen LogP contribution in [0, 0.1) is 5.41 Å². The van der Waals surface area contributed by atoms with E-state index in [0.717, 1.165) is 12.8 Å². The Hall–Kier alpha value is -0.130. The third kappa shape index (κ3) is 2.46. The minimum absolute atomic E-state index is 0.00380. The third-order valence-electron chi connectivity index (χ3n) is 3.02. The quantitative estimate of drug-likeness (QED) is 0.735. The van der Waals surface area contributed by atoms with Crippen LogP contribution in [-0.4, -0.2) is 43.3 Å². The van der Waals surface area contributed by atoms with Crippen LogP contribution in [0.2, 0.25) is 0 Å². The molecule has 1 N–H and O–H groups in total. The van der Waals surface area contributed by atoms with Gasteiger partial charge in [0.2, 0.25) is 10.0 Å². The molecule has 0 bridgehead atoms. The summed E-state index contributed by atoms with van der Waals surface area (Å²) in [6.07, 6.45) is 2.71. The standard InChI is InChI=1S/C9H19NO3S/c1-8-6-9(2,7-11)4-5-10(8)14(3,12)13/h8,11H,4-7H2,1-3H3/t8?,9-/m0/s1. The first kappa shape index (κ1) is 11.9. The molecule has 0 aromatic carbocycles. The van der Waals surface area contributed by atoms with E-state index >= 15 is 0 Å². The summed E-state index contributed by atoms with van der Waals surface area (Å²) in [5, 5.41) is 9.19. The molecule has 1 fully saturated rings. The molecular weight excluding hydrogens is 202 g/mol. The van der Waals surface area contributed by atoms with Crippen LogP contribution in [0.5, 0.6) is 0 Å². The molecule has 0 aromatic rings. The van der Waals surface area contributed by atoms with E-state index in [1.807, 2.05) is 13.8 Å². The van der Waals surface area contributed by atoms with E-state index in [1.165, 1.54) is 10.6 Å². The van der Waals surface area contributed by atoms with Gasteiger partial charge in [-0.3, -0.25) is 0 Å². The van der Waals surface area contributed by atoms with Gasteiger partial charge < -0.3 is 5.11 Å². The predicted molar refractivity (Wildman–Crippen MR) is 55.4 cm³/mol. The smallest absolute Gasteiger partial charge is 0.211 e. The molecule has 0 aliphatic carbocycles. The van der Waals surface area contributed by atoms with E-state index in [4.69, 9.17) is 0 Å². The normalized spacial score (nSPS) is 35.9. The highest BCUT2D eigenvalue weighted by Crippen LogP contribution is 2.34. The largest absolute Gasteiger partial charge is 0.396 e. The van der Waals surface area contributed by atoms with Gasteiger partial charge in [-0.05, 0) is 25.2 Å². The predicted octanol–water partition coefficient (Wildman–Crippen LogP) is 0.429. The fourth-order valence-electron chi connectivity index (χ4n) is 2.15. The first-order valence-electron chi connectivity index (χ1n) is 4.86. The molecule has 0 amide bonds. The lowest BCUT2D eigenvalue weighted by atomic mass is 9.79. The number of aliphatic hydroxyl groups is 1. The van der Waals surface area contributed by atoms with Crippen molar-refractivity contribution in [3.8, 4) is 0 Å². The highest BCUT2D eigenvalue weighted by atomic mass is 32.2. The average molecular weight is 221 g/mol. The molecule has 1 unspecified atom stereocenters. The number of nitrogens with zero attached hydrogens (tertiary/aromatic N) is 1. The summed E-state index contributed by atoms with van der Waals surface area (Å²) in [5.74, 6) is 0. The van der Waals surface area contributed by atoms with Crippen molar-refractivity contribution < 1.29 is 13.5 Å². The molecule has 0 aromatic heterocycles. The second-order valence-electron chi connectivity index (χ2n) is 4.65. The topological polar surface area (TPSA) is 57.6 Å². The van der Waals surface area contributed by atoms with Gasteiger partial charge >= 0.3 is 0 Å². The molecule has 1 rings (SSSR count). The Balaban J connectivity index is 2.75. The van der Waals surface area contributed by atoms with Gasteiger partial charge in [0.15, 0.2) is 0 Å². The van der Waals surface area contributed by atoms with Gasteiger partial charge in [0.1, 0.15) is 0 Å². The lowest BCUT2D eigenvalue weighted by molar-refractivity contribution is 0.0612. The summed E-state index contributed by atoms with van der Waals surface area (Å²) in [4.78, 5) is 0. The van der Waals surface area contributed by atoms with Gasteiger partial charge in [0.05, 0.1) is 6.26 Å². The highest BCUT2D eigenvalue weighted by Gasteiger charge is 2.37. The van der Waals surface area contributed by atoms with Crippen molar-refractivity contribution in [1.82, 2.24) is 4.31 Å². The summed E-state index contributed by atoms with van der Waals surface area (Å²) in [5.41, 5.74) is -0.111. The van der Waals surface area contributed by atoms with Crippen LogP contribution in [0.1, 0.15) is 26.7 Å². The van der Waals surface area contributed by atoms with Crippen LogP contribution in [0.3, 0.4) is 0 Å². The van der Waals surface area contributed by atoms with Crippen LogP contribution < -0.4 is 0 Å². The van der Waals surface area contributed by atoms with Crippen molar-refractivity contribution >= 4 is 10.0 Å². The van der Waals surface area contributed by atoms with Gasteiger partial charge in [0, 0.05) is 19.2 Å². The highest BCUT2D eigenvalue weighted by molar-refractivity contribution is 7.88. The van der Waals surface area contributed by atoms with Gasteiger partial charge in [0.25, 0.3) is 0 Å². The Bertz CT molecular complexity index is 301. The summed E-state index contributed by atoms with van der Waals surface area (Å²) in [7, 11) is -3.08. The average Bonchev–Trinajstić information content (AvgIpc) is 2.01. The Morgan fingerprint density at radius 2 is 2.14 bits per heavy atom. The Morgan fingerprint density at radius 1 is 1.57 bits per heavy atom. The van der Waals surface area contributed by atoms with Gasteiger partial charge in [-0.1, -0.05) is 6.92 Å². The van der Waals surface area contributed by atoms with Crippen molar-refractivity contribution in [2.75, 3.05) is 19.4 Å². The summed E-state index contributed by atoms with van der Waals surface area (Å²) < 4.78 is 24.2. The molecule has 1 aliphatic rings. The van der Waals surface area contributed by atoms with Crippen molar-refractivity contribution in [2.24, 2.45) is 5.41 Å². The molecule has 1 saturated heterocycles. The fraction of sp³-hybridized carbons (Fsp3) is 1.00. The van der Waals surface area contributed by atoms with E-state index in [1.54, 1.807) is 0 Å². The maximum atomic E-state index is 11.4. The lowest BCUT2D eigenvalue weighted by Crippen LogP contribution is -2.48. The van der Waals surface area contributed by atoms with Crippen molar-refractivity contribution in [2.45, 2.75) is 32.7 Å². The first-order valence-corrected chi connectivity index (χ1v) is 6.71. The SMILES string of the molecule is CC1C[C@@](C)(CO)CCN1S(C)(=O)=O. The van der Waals surface area contributed by atoms with Crippen molar-refractivity contribution in [3.63, 3.8) is 0 Å². The van der Waals surface area contributed by atoms with E-state index in [0.29, 0.717) is 6.54 Å². The minimum atomic E-state index is -3.08. The maximum absolute atomic E-state index is 11.4. The monoisotopic (exact) mass is 221 g/mol. The summed E-state index contributed by atoms with van der Waals surface area (Å²) in [6.45, 7) is 4.56. The molecule has 0 radical (unpaired) electrons. The minimum Gasteiger partial charge on any atom is -0.396 e. The van der Waals surface area contributed by atoms with Crippen LogP contribution in [0.15, 0.2) is 0 Å². The second kappa shape index (κ2) is 3.79. The maximum Gasteiger partial charge on any atom is 0.211 e.